The Labute approximate surface area is 200 Å². The van der Waals surface area contributed by atoms with Crippen molar-refractivity contribution in [1.82, 2.24) is 4.31 Å². The molecule has 0 radical (unpaired) electrons. The zero-order valence-electron chi connectivity index (χ0n) is 19.5. The molecule has 1 amide bonds. The van der Waals surface area contributed by atoms with E-state index in [1.807, 2.05) is 25.1 Å². The highest BCUT2D eigenvalue weighted by molar-refractivity contribution is 7.89. The summed E-state index contributed by atoms with van der Waals surface area (Å²) in [6, 6.07) is 9.80. The van der Waals surface area contributed by atoms with E-state index in [9.17, 15) is 23.3 Å². The summed E-state index contributed by atoms with van der Waals surface area (Å²) in [4.78, 5) is 25.6. The Morgan fingerprint density at radius 3 is 2.29 bits per heavy atom. The number of nitrogens with zero attached hydrogens (tertiary/aromatic N) is 3. The third kappa shape index (κ3) is 4.92. The number of carbonyl (C=O) groups is 1. The van der Waals surface area contributed by atoms with E-state index in [4.69, 9.17) is 0 Å². The van der Waals surface area contributed by atoms with Gasteiger partial charge in [0, 0.05) is 55.6 Å². The first-order chi connectivity index (χ1) is 16.2. The lowest BCUT2D eigenvalue weighted by molar-refractivity contribution is -0.385. The topological polar surface area (TPSA) is 113 Å². The monoisotopic (exact) mass is 486 g/mol. The van der Waals surface area contributed by atoms with Crippen LogP contribution in [0.4, 0.5) is 17.1 Å². The van der Waals surface area contributed by atoms with Crippen molar-refractivity contribution in [3.63, 3.8) is 0 Å². The molecular formula is C24H30N4O5S. The van der Waals surface area contributed by atoms with E-state index < -0.39 is 14.9 Å². The van der Waals surface area contributed by atoms with Crippen molar-refractivity contribution < 1.29 is 18.1 Å². The smallest absolute Gasteiger partial charge is 0.270 e. The number of carbonyl (C=O) groups excluding carboxylic acids is 1. The molecule has 2 fully saturated rings. The van der Waals surface area contributed by atoms with Gasteiger partial charge in [-0.2, -0.15) is 4.31 Å². The maximum absolute atomic E-state index is 13.1. The van der Waals surface area contributed by atoms with E-state index in [0.29, 0.717) is 18.4 Å². The standard InChI is InChI=1S/C24H30N4O5S/c1-17-5-7-21(28(30)31)16-23(17)34(32,33)27-13-9-19(10-14-27)24(29)25-20-6-8-22(18(2)15-20)26-11-3-4-12-26/h5-8,15-16,19H,3-4,9-14H2,1-2H3,(H,25,29). The second kappa shape index (κ2) is 9.71. The SMILES string of the molecule is Cc1cc(NC(=O)C2CCN(S(=O)(=O)c3cc([N+](=O)[O-])ccc3C)CC2)ccc1N1CCCC1. The van der Waals surface area contributed by atoms with Crippen molar-refractivity contribution >= 4 is 33.0 Å². The summed E-state index contributed by atoms with van der Waals surface area (Å²) in [5, 5.41) is 14.1. The molecule has 182 valence electrons. The van der Waals surface area contributed by atoms with Crippen LogP contribution >= 0.6 is 0 Å². The molecule has 0 aliphatic carbocycles. The van der Waals surface area contributed by atoms with Crippen molar-refractivity contribution in [3.05, 3.63) is 57.6 Å². The maximum Gasteiger partial charge on any atom is 0.270 e. The van der Waals surface area contributed by atoms with Crippen molar-refractivity contribution in [3.8, 4) is 0 Å². The quantitative estimate of drug-likeness (QED) is 0.490. The number of sulfonamides is 1. The maximum atomic E-state index is 13.1. The number of nitro benzene ring substituents is 1. The van der Waals surface area contributed by atoms with Crippen LogP contribution < -0.4 is 10.2 Å². The number of nitrogens with one attached hydrogen (secondary N) is 1. The molecule has 0 unspecified atom stereocenters. The molecule has 10 heteroatoms. The number of hydrogen-bond donors (Lipinski definition) is 1. The number of amides is 1. The highest BCUT2D eigenvalue weighted by Crippen LogP contribution is 2.30. The Morgan fingerprint density at radius 1 is 1.00 bits per heavy atom. The van der Waals surface area contributed by atoms with Crippen LogP contribution in [0.15, 0.2) is 41.3 Å². The van der Waals surface area contributed by atoms with Gasteiger partial charge in [-0.1, -0.05) is 6.07 Å². The van der Waals surface area contributed by atoms with Crippen LogP contribution in [0, 0.1) is 29.9 Å². The molecule has 0 saturated carbocycles. The number of hydrogen-bond acceptors (Lipinski definition) is 6. The summed E-state index contributed by atoms with van der Waals surface area (Å²) in [5.74, 6) is -0.409. The summed E-state index contributed by atoms with van der Waals surface area (Å²) >= 11 is 0. The van der Waals surface area contributed by atoms with Gasteiger partial charge >= 0.3 is 0 Å². The number of non-ortho nitro benzene ring substituents is 1. The van der Waals surface area contributed by atoms with E-state index in [2.05, 4.69) is 10.2 Å². The molecule has 4 rings (SSSR count). The van der Waals surface area contributed by atoms with E-state index in [-0.39, 0.29) is 35.5 Å². The fraction of sp³-hybridized carbons (Fsp3) is 0.458. The number of rotatable bonds is 6. The minimum absolute atomic E-state index is 0.0573. The summed E-state index contributed by atoms with van der Waals surface area (Å²) in [6.07, 6.45) is 3.19. The molecule has 34 heavy (non-hydrogen) atoms. The largest absolute Gasteiger partial charge is 0.371 e. The zero-order valence-corrected chi connectivity index (χ0v) is 20.3. The van der Waals surface area contributed by atoms with Gasteiger partial charge in [0.1, 0.15) is 0 Å². The van der Waals surface area contributed by atoms with Crippen molar-refractivity contribution in [2.75, 3.05) is 36.4 Å². The number of aryl methyl sites for hydroxylation is 2. The van der Waals surface area contributed by atoms with Gasteiger partial charge < -0.3 is 10.2 Å². The number of nitro groups is 1. The van der Waals surface area contributed by atoms with Gasteiger partial charge in [-0.25, -0.2) is 8.42 Å². The minimum Gasteiger partial charge on any atom is -0.371 e. The van der Waals surface area contributed by atoms with Gasteiger partial charge in [-0.15, -0.1) is 0 Å². The second-order valence-corrected chi connectivity index (χ2v) is 11.0. The normalized spacial score (nSPS) is 17.6. The Kier molecular flexibility index (Phi) is 6.90. The molecule has 2 aromatic carbocycles. The molecular weight excluding hydrogens is 456 g/mol. The van der Waals surface area contributed by atoms with E-state index in [0.717, 1.165) is 30.4 Å². The van der Waals surface area contributed by atoms with Gasteiger partial charge in [0.15, 0.2) is 0 Å². The highest BCUT2D eigenvalue weighted by atomic mass is 32.2. The van der Waals surface area contributed by atoms with E-state index >= 15 is 0 Å². The van der Waals surface area contributed by atoms with Crippen LogP contribution in [-0.2, 0) is 14.8 Å². The molecule has 2 aliphatic rings. The molecule has 0 spiro atoms. The van der Waals surface area contributed by atoms with Gasteiger partial charge in [-0.05, 0) is 68.9 Å². The average molecular weight is 487 g/mol. The third-order valence-electron chi connectivity index (χ3n) is 6.74. The van der Waals surface area contributed by atoms with Crippen molar-refractivity contribution in [2.24, 2.45) is 5.92 Å². The molecule has 0 atom stereocenters. The van der Waals surface area contributed by atoms with Crippen LogP contribution in [-0.4, -0.2) is 49.7 Å². The Bertz CT molecular complexity index is 1200. The fourth-order valence-corrected chi connectivity index (χ4v) is 6.48. The molecule has 2 saturated heterocycles. The molecule has 0 aromatic heterocycles. The van der Waals surface area contributed by atoms with Gasteiger partial charge in [0.2, 0.25) is 15.9 Å². The molecule has 1 N–H and O–H groups in total. The number of benzene rings is 2. The first kappa shape index (κ1) is 24.2. The predicted octanol–water partition coefficient (Wildman–Crippen LogP) is 3.85. The zero-order chi connectivity index (χ0) is 24.5. The molecule has 0 bridgehead atoms. The molecule has 9 nitrogen and oxygen atoms in total. The summed E-state index contributed by atoms with van der Waals surface area (Å²) < 4.78 is 27.6. The van der Waals surface area contributed by atoms with E-state index in [1.165, 1.54) is 35.0 Å². The molecule has 2 heterocycles. The Balaban J connectivity index is 1.39. The van der Waals surface area contributed by atoms with Crippen LogP contribution in [0.1, 0.15) is 36.8 Å². The van der Waals surface area contributed by atoms with Gasteiger partial charge in [-0.3, -0.25) is 14.9 Å². The highest BCUT2D eigenvalue weighted by Gasteiger charge is 2.33. The average Bonchev–Trinajstić information content (AvgIpc) is 3.34. The minimum atomic E-state index is -3.88. The van der Waals surface area contributed by atoms with Crippen LogP contribution in [0.25, 0.3) is 0 Å². The van der Waals surface area contributed by atoms with Crippen molar-refractivity contribution in [1.29, 1.82) is 0 Å². The van der Waals surface area contributed by atoms with Gasteiger partial charge in [0.25, 0.3) is 5.69 Å². The van der Waals surface area contributed by atoms with Crippen LogP contribution in [0.3, 0.4) is 0 Å². The lowest BCUT2D eigenvalue weighted by Crippen LogP contribution is -2.41. The van der Waals surface area contributed by atoms with Gasteiger partial charge in [0.05, 0.1) is 9.82 Å². The third-order valence-corrected chi connectivity index (χ3v) is 8.78. The first-order valence-electron chi connectivity index (χ1n) is 11.6. The lowest BCUT2D eigenvalue weighted by atomic mass is 9.97. The summed E-state index contributed by atoms with van der Waals surface area (Å²) in [5.41, 5.74) is 3.26. The lowest BCUT2D eigenvalue weighted by Gasteiger charge is -2.31. The van der Waals surface area contributed by atoms with Crippen LogP contribution in [0.2, 0.25) is 0 Å². The molecule has 2 aromatic rings. The Hall–Kier alpha value is -2.98. The Morgan fingerprint density at radius 2 is 1.68 bits per heavy atom. The summed E-state index contributed by atoms with van der Waals surface area (Å²) in [6.45, 7) is 6.16. The predicted molar refractivity (Wildman–Crippen MR) is 131 cm³/mol. The number of piperidine rings is 1. The van der Waals surface area contributed by atoms with E-state index in [1.54, 1.807) is 6.92 Å². The fourth-order valence-electron chi connectivity index (χ4n) is 4.77. The van der Waals surface area contributed by atoms with Crippen LogP contribution in [0.5, 0.6) is 0 Å². The number of anilines is 2. The second-order valence-electron chi connectivity index (χ2n) is 9.07. The van der Waals surface area contributed by atoms with Crippen molar-refractivity contribution in [2.45, 2.75) is 44.4 Å². The molecule has 2 aliphatic heterocycles. The first-order valence-corrected chi connectivity index (χ1v) is 13.0. The summed E-state index contributed by atoms with van der Waals surface area (Å²) in [7, 11) is -3.88.